The van der Waals surface area contributed by atoms with Gasteiger partial charge in [0.1, 0.15) is 0 Å². The van der Waals surface area contributed by atoms with Gasteiger partial charge in [-0.15, -0.1) is 0 Å². The summed E-state index contributed by atoms with van der Waals surface area (Å²) in [5.74, 6) is -0.846. The molecule has 0 radical (unpaired) electrons. The molecule has 1 saturated heterocycles. The van der Waals surface area contributed by atoms with Crippen molar-refractivity contribution >= 4 is 11.9 Å². The number of carbonyl (C=O) groups is 2. The van der Waals surface area contributed by atoms with E-state index in [1.165, 1.54) is 6.08 Å². The van der Waals surface area contributed by atoms with Gasteiger partial charge in [-0.2, -0.15) is 0 Å². The first kappa shape index (κ1) is 11.8. The first-order valence-electron chi connectivity index (χ1n) is 5.20. The van der Waals surface area contributed by atoms with Crippen molar-refractivity contribution in [1.82, 2.24) is 4.90 Å². The summed E-state index contributed by atoms with van der Waals surface area (Å²) < 4.78 is 0. The van der Waals surface area contributed by atoms with E-state index >= 15 is 0 Å². The van der Waals surface area contributed by atoms with Crippen molar-refractivity contribution in [3.8, 4) is 0 Å². The molecule has 84 valence electrons. The monoisotopic (exact) mass is 211 g/mol. The van der Waals surface area contributed by atoms with Gasteiger partial charge >= 0.3 is 5.97 Å². The van der Waals surface area contributed by atoms with E-state index in [0.29, 0.717) is 32.4 Å². The van der Waals surface area contributed by atoms with Gasteiger partial charge in [0, 0.05) is 13.1 Å². The van der Waals surface area contributed by atoms with Crippen LogP contribution in [0, 0.1) is 5.41 Å². The smallest absolute Gasteiger partial charge is 0.309 e. The number of likely N-dealkylation sites (tertiary alicyclic amines) is 1. The third kappa shape index (κ3) is 2.19. The van der Waals surface area contributed by atoms with Gasteiger partial charge in [0.05, 0.1) is 5.41 Å². The Morgan fingerprint density at radius 3 is 2.33 bits per heavy atom. The SMILES string of the molecule is C=CC(=O)N1CCC(CC)(C(=O)O)CC1. The van der Waals surface area contributed by atoms with E-state index in [1.807, 2.05) is 6.92 Å². The van der Waals surface area contributed by atoms with Crippen molar-refractivity contribution in [2.45, 2.75) is 26.2 Å². The number of amides is 1. The van der Waals surface area contributed by atoms with E-state index in [1.54, 1.807) is 4.90 Å². The number of rotatable bonds is 3. The van der Waals surface area contributed by atoms with Crippen LogP contribution in [0.1, 0.15) is 26.2 Å². The molecule has 1 aliphatic heterocycles. The maximum absolute atomic E-state index is 11.3. The van der Waals surface area contributed by atoms with Gasteiger partial charge in [0.2, 0.25) is 5.91 Å². The molecule has 0 aliphatic carbocycles. The van der Waals surface area contributed by atoms with Crippen LogP contribution in [0.3, 0.4) is 0 Å². The quantitative estimate of drug-likeness (QED) is 0.715. The molecule has 0 saturated carbocycles. The largest absolute Gasteiger partial charge is 0.481 e. The topological polar surface area (TPSA) is 57.6 Å². The number of carboxylic acids is 1. The van der Waals surface area contributed by atoms with Gasteiger partial charge < -0.3 is 10.0 Å². The van der Waals surface area contributed by atoms with E-state index in [-0.39, 0.29) is 5.91 Å². The zero-order valence-electron chi connectivity index (χ0n) is 9.03. The van der Waals surface area contributed by atoms with E-state index in [2.05, 4.69) is 6.58 Å². The van der Waals surface area contributed by atoms with Crippen LogP contribution in [-0.2, 0) is 9.59 Å². The number of nitrogens with zero attached hydrogens (tertiary/aromatic N) is 1. The highest BCUT2D eigenvalue weighted by Gasteiger charge is 2.40. The summed E-state index contributed by atoms with van der Waals surface area (Å²) in [4.78, 5) is 24.1. The third-order valence-electron chi connectivity index (χ3n) is 3.34. The number of hydrogen-bond acceptors (Lipinski definition) is 2. The number of carbonyl (C=O) groups excluding carboxylic acids is 1. The maximum atomic E-state index is 11.3. The summed E-state index contributed by atoms with van der Waals surface area (Å²) in [6, 6.07) is 0. The lowest BCUT2D eigenvalue weighted by molar-refractivity contribution is -0.154. The van der Waals surface area contributed by atoms with Gasteiger partial charge in [0.25, 0.3) is 0 Å². The average Bonchev–Trinajstić information content (AvgIpc) is 2.28. The molecule has 0 aromatic carbocycles. The van der Waals surface area contributed by atoms with Crippen LogP contribution in [0.2, 0.25) is 0 Å². The van der Waals surface area contributed by atoms with Gasteiger partial charge in [0.15, 0.2) is 0 Å². The van der Waals surface area contributed by atoms with Gasteiger partial charge in [-0.25, -0.2) is 0 Å². The Bertz CT molecular complexity index is 278. The predicted molar refractivity (Wildman–Crippen MR) is 56.4 cm³/mol. The number of piperidine rings is 1. The summed E-state index contributed by atoms with van der Waals surface area (Å²) in [5.41, 5.74) is -0.627. The van der Waals surface area contributed by atoms with Crippen LogP contribution in [0.15, 0.2) is 12.7 Å². The van der Waals surface area contributed by atoms with Crippen LogP contribution in [0.5, 0.6) is 0 Å². The average molecular weight is 211 g/mol. The highest BCUT2D eigenvalue weighted by Crippen LogP contribution is 2.35. The first-order chi connectivity index (χ1) is 7.05. The fourth-order valence-electron chi connectivity index (χ4n) is 2.00. The van der Waals surface area contributed by atoms with Crippen molar-refractivity contribution in [3.05, 3.63) is 12.7 Å². The zero-order valence-corrected chi connectivity index (χ0v) is 9.03. The minimum Gasteiger partial charge on any atom is -0.481 e. The normalized spacial score (nSPS) is 19.7. The lowest BCUT2D eigenvalue weighted by atomic mass is 9.76. The van der Waals surface area contributed by atoms with E-state index in [0.717, 1.165) is 0 Å². The van der Waals surface area contributed by atoms with Gasteiger partial charge in [-0.1, -0.05) is 13.5 Å². The maximum Gasteiger partial charge on any atom is 0.309 e. The Labute approximate surface area is 89.6 Å². The second-order valence-corrected chi connectivity index (χ2v) is 3.97. The lowest BCUT2D eigenvalue weighted by Gasteiger charge is -2.37. The first-order valence-corrected chi connectivity index (χ1v) is 5.20. The predicted octanol–water partition coefficient (Wildman–Crippen LogP) is 1.28. The van der Waals surface area contributed by atoms with E-state index < -0.39 is 11.4 Å². The molecule has 1 heterocycles. The molecule has 0 unspecified atom stereocenters. The molecule has 0 spiro atoms. The van der Waals surface area contributed by atoms with Gasteiger partial charge in [-0.3, -0.25) is 9.59 Å². The number of carboxylic acid groups (broad SMARTS) is 1. The highest BCUT2D eigenvalue weighted by molar-refractivity contribution is 5.87. The molecule has 0 atom stereocenters. The number of hydrogen-bond donors (Lipinski definition) is 1. The fraction of sp³-hybridized carbons (Fsp3) is 0.636. The molecule has 0 bridgehead atoms. The van der Waals surface area contributed by atoms with E-state index in [4.69, 9.17) is 5.11 Å². The van der Waals surface area contributed by atoms with Gasteiger partial charge in [-0.05, 0) is 25.3 Å². The molecular formula is C11H17NO3. The number of aliphatic carboxylic acids is 1. The summed E-state index contributed by atoms with van der Waals surface area (Å²) in [6.07, 6.45) is 2.98. The van der Waals surface area contributed by atoms with Crippen molar-refractivity contribution in [2.24, 2.45) is 5.41 Å². The molecular weight excluding hydrogens is 194 g/mol. The molecule has 1 rings (SSSR count). The van der Waals surface area contributed by atoms with Crippen LogP contribution in [-0.4, -0.2) is 35.0 Å². The Kier molecular flexibility index (Phi) is 3.50. The second kappa shape index (κ2) is 4.47. The van der Waals surface area contributed by atoms with Crippen LogP contribution >= 0.6 is 0 Å². The Hall–Kier alpha value is -1.32. The van der Waals surface area contributed by atoms with E-state index in [9.17, 15) is 9.59 Å². The minimum atomic E-state index is -0.740. The molecule has 4 nitrogen and oxygen atoms in total. The Morgan fingerprint density at radius 2 is 2.00 bits per heavy atom. The third-order valence-corrected chi connectivity index (χ3v) is 3.34. The highest BCUT2D eigenvalue weighted by atomic mass is 16.4. The zero-order chi connectivity index (χ0) is 11.5. The van der Waals surface area contributed by atoms with Crippen LogP contribution in [0.4, 0.5) is 0 Å². The lowest BCUT2D eigenvalue weighted by Crippen LogP contribution is -2.45. The van der Waals surface area contributed by atoms with Crippen LogP contribution < -0.4 is 0 Å². The fourth-order valence-corrected chi connectivity index (χ4v) is 2.00. The minimum absolute atomic E-state index is 0.106. The van der Waals surface area contributed by atoms with Crippen LogP contribution in [0.25, 0.3) is 0 Å². The Balaban J connectivity index is 2.65. The summed E-state index contributed by atoms with van der Waals surface area (Å²) in [7, 11) is 0. The summed E-state index contributed by atoms with van der Waals surface area (Å²) >= 11 is 0. The van der Waals surface area contributed by atoms with Crippen molar-refractivity contribution in [2.75, 3.05) is 13.1 Å². The molecule has 15 heavy (non-hydrogen) atoms. The molecule has 0 aromatic rings. The summed E-state index contributed by atoms with van der Waals surface area (Å²) in [5, 5.41) is 9.15. The molecule has 1 amide bonds. The van der Waals surface area contributed by atoms with Crippen molar-refractivity contribution < 1.29 is 14.7 Å². The molecule has 4 heteroatoms. The molecule has 0 aromatic heterocycles. The van der Waals surface area contributed by atoms with Crippen molar-refractivity contribution in [1.29, 1.82) is 0 Å². The standard InChI is InChI=1S/C11H17NO3/c1-3-9(13)12-7-5-11(4-2,6-8-12)10(14)15/h3H,1,4-8H2,2H3,(H,14,15). The Morgan fingerprint density at radius 1 is 1.47 bits per heavy atom. The molecule has 1 N–H and O–H groups in total. The second-order valence-electron chi connectivity index (χ2n) is 3.97. The van der Waals surface area contributed by atoms with Crippen molar-refractivity contribution in [3.63, 3.8) is 0 Å². The molecule has 1 fully saturated rings. The summed E-state index contributed by atoms with van der Waals surface area (Å²) in [6.45, 7) is 6.35. The molecule has 1 aliphatic rings.